The Labute approximate surface area is 305 Å². The Bertz CT molecular complexity index is 1520. The van der Waals surface area contributed by atoms with Gasteiger partial charge in [0.2, 0.25) is 23.5 Å². The molecule has 1 aromatic rings. The summed E-state index contributed by atoms with van der Waals surface area (Å²) in [6, 6.07) is -1.30. The second kappa shape index (κ2) is 16.3. The SMILES string of the molecule is C=C(CC1CCCCC1)N[C@H](C(=O)N1C[C@@]2(CC(c3cnc(OC)c(Cl)c3)=NO2)C[C@H]1C(=O)N[C@@H](CCC)C(=O)C(=O)NC1CC1)C(C)(C)OC. The van der Waals surface area contributed by atoms with E-state index in [0.717, 1.165) is 37.8 Å². The fraction of sp³-hybridized carbons (Fsp3) is 0.676. The van der Waals surface area contributed by atoms with Gasteiger partial charge in [-0.2, -0.15) is 0 Å². The fourth-order valence-corrected chi connectivity index (χ4v) is 7.55. The molecule has 4 aliphatic rings. The van der Waals surface area contributed by atoms with Crippen molar-refractivity contribution in [1.82, 2.24) is 25.8 Å². The Balaban J connectivity index is 1.41. The van der Waals surface area contributed by atoms with Crippen LogP contribution in [0.1, 0.15) is 103 Å². The van der Waals surface area contributed by atoms with Crippen molar-refractivity contribution < 1.29 is 33.5 Å². The lowest BCUT2D eigenvalue weighted by atomic mass is 9.86. The first-order chi connectivity index (χ1) is 24.3. The van der Waals surface area contributed by atoms with Gasteiger partial charge in [-0.05, 0) is 51.5 Å². The number of pyridine rings is 1. The molecule has 0 radical (unpaired) electrons. The van der Waals surface area contributed by atoms with Crippen LogP contribution in [0.3, 0.4) is 0 Å². The van der Waals surface area contributed by atoms with Crippen LogP contribution in [0.5, 0.6) is 5.88 Å². The van der Waals surface area contributed by atoms with Crippen molar-refractivity contribution in [3.05, 3.63) is 35.1 Å². The molecule has 2 aliphatic heterocycles. The molecule has 1 saturated heterocycles. The van der Waals surface area contributed by atoms with Crippen LogP contribution in [-0.4, -0.2) is 95.2 Å². The minimum absolute atomic E-state index is 0.00633. The van der Waals surface area contributed by atoms with Gasteiger partial charge in [0.1, 0.15) is 17.1 Å². The number of methoxy groups -OCH3 is 2. The van der Waals surface area contributed by atoms with Crippen molar-refractivity contribution in [3.63, 3.8) is 0 Å². The molecule has 2 aliphatic carbocycles. The summed E-state index contributed by atoms with van der Waals surface area (Å²) in [6.07, 6.45) is 11.0. The first-order valence-corrected chi connectivity index (χ1v) is 18.6. The summed E-state index contributed by atoms with van der Waals surface area (Å²) in [5.74, 6) is -1.57. The van der Waals surface area contributed by atoms with E-state index in [1.807, 2.05) is 20.8 Å². The second-order valence-corrected chi connectivity index (χ2v) is 15.5. The van der Waals surface area contributed by atoms with Crippen molar-refractivity contribution in [1.29, 1.82) is 0 Å². The number of carbonyl (C=O) groups is 4. The number of carbonyl (C=O) groups excluding carboxylic acids is 4. The monoisotopic (exact) mass is 728 g/mol. The van der Waals surface area contributed by atoms with Crippen molar-refractivity contribution in [2.45, 2.75) is 133 Å². The Hall–Kier alpha value is -3.71. The standard InChI is InChI=1S/C37H53ClN6O7/c1-7-11-27(30(45)33(47)41-25-14-15-25)42-32(46)29-19-37(18-28(43-51-37)24-17-26(38)34(49-5)39-20-24)21-44(29)35(48)31(36(3,4)50-6)40-22(2)16-23-12-9-8-10-13-23/h17,20,23,25,27,29,31,40H,2,7-16,18-19,21H2,1,3-6H3,(H,41,47)(H,42,46)/t27-,29-,31+,37+/m0/s1. The highest BCUT2D eigenvalue weighted by Crippen LogP contribution is 2.40. The average molecular weight is 729 g/mol. The predicted octanol–water partition coefficient (Wildman–Crippen LogP) is 4.21. The van der Waals surface area contributed by atoms with Gasteiger partial charge in [-0.1, -0.05) is 68.8 Å². The zero-order chi connectivity index (χ0) is 36.9. The van der Waals surface area contributed by atoms with Crippen LogP contribution in [0.4, 0.5) is 0 Å². The molecule has 0 unspecified atom stereocenters. The van der Waals surface area contributed by atoms with E-state index in [9.17, 15) is 19.2 Å². The molecule has 0 bridgehead atoms. The summed E-state index contributed by atoms with van der Waals surface area (Å²) in [6.45, 7) is 9.84. The third-order valence-corrected chi connectivity index (χ3v) is 10.9. The van der Waals surface area contributed by atoms with E-state index >= 15 is 0 Å². The minimum atomic E-state index is -1.05. The summed E-state index contributed by atoms with van der Waals surface area (Å²) in [5, 5.41) is 13.6. The Morgan fingerprint density at radius 1 is 1.14 bits per heavy atom. The van der Waals surface area contributed by atoms with Gasteiger partial charge in [0.25, 0.3) is 5.91 Å². The van der Waals surface area contributed by atoms with Crippen molar-refractivity contribution >= 4 is 40.8 Å². The highest BCUT2D eigenvalue weighted by molar-refractivity contribution is 6.38. The summed E-state index contributed by atoms with van der Waals surface area (Å²) in [7, 11) is 3.02. The molecule has 0 aromatic carbocycles. The molecule has 1 spiro atoms. The number of aromatic nitrogens is 1. The molecule has 5 rings (SSSR count). The lowest BCUT2D eigenvalue weighted by Crippen LogP contribution is -2.61. The maximum atomic E-state index is 14.8. The van der Waals surface area contributed by atoms with Gasteiger partial charge in [0, 0.05) is 43.5 Å². The molecule has 13 nitrogen and oxygen atoms in total. The molecule has 51 heavy (non-hydrogen) atoms. The number of halogens is 1. The van der Waals surface area contributed by atoms with Crippen molar-refractivity contribution in [2.24, 2.45) is 11.1 Å². The smallest absolute Gasteiger partial charge is 0.289 e. The second-order valence-electron chi connectivity index (χ2n) is 15.0. The molecule has 280 valence electrons. The van der Waals surface area contributed by atoms with Crippen LogP contribution in [-0.2, 0) is 28.8 Å². The Morgan fingerprint density at radius 2 is 1.86 bits per heavy atom. The Morgan fingerprint density at radius 3 is 2.49 bits per heavy atom. The predicted molar refractivity (Wildman–Crippen MR) is 192 cm³/mol. The number of amides is 3. The first kappa shape index (κ1) is 38.5. The molecule has 3 fully saturated rings. The van der Waals surface area contributed by atoms with E-state index in [-0.39, 0.29) is 43.6 Å². The van der Waals surface area contributed by atoms with Gasteiger partial charge < -0.3 is 35.2 Å². The van der Waals surface area contributed by atoms with Crippen LogP contribution in [0.25, 0.3) is 0 Å². The van der Waals surface area contributed by atoms with Gasteiger partial charge in [0.15, 0.2) is 5.60 Å². The molecule has 4 atom stereocenters. The van der Waals surface area contributed by atoms with Crippen LogP contribution in [0.15, 0.2) is 29.7 Å². The quantitative estimate of drug-likeness (QED) is 0.212. The topological polar surface area (TPSA) is 161 Å². The zero-order valence-electron chi connectivity index (χ0n) is 30.5. The largest absolute Gasteiger partial charge is 0.480 e. The maximum absolute atomic E-state index is 14.8. The molecule has 3 amide bonds. The number of nitrogens with zero attached hydrogens (tertiary/aromatic N) is 3. The number of nitrogens with one attached hydrogen (secondary N) is 3. The lowest BCUT2D eigenvalue weighted by molar-refractivity contribution is -0.147. The van der Waals surface area contributed by atoms with E-state index in [0.29, 0.717) is 28.6 Å². The third kappa shape index (κ3) is 9.21. The number of rotatable bonds is 16. The molecule has 3 heterocycles. The molecular weight excluding hydrogens is 676 g/mol. The summed E-state index contributed by atoms with van der Waals surface area (Å²) >= 11 is 6.36. The number of likely N-dealkylation sites (tertiary alicyclic amines) is 1. The van der Waals surface area contributed by atoms with Gasteiger partial charge >= 0.3 is 0 Å². The zero-order valence-corrected chi connectivity index (χ0v) is 31.3. The van der Waals surface area contributed by atoms with Crippen LogP contribution in [0, 0.1) is 5.92 Å². The van der Waals surface area contributed by atoms with Crippen molar-refractivity contribution in [2.75, 3.05) is 20.8 Å². The average Bonchev–Trinajstić information content (AvgIpc) is 3.71. The van der Waals surface area contributed by atoms with Gasteiger partial charge in [-0.15, -0.1) is 0 Å². The molecule has 1 aromatic heterocycles. The van der Waals surface area contributed by atoms with Crippen LogP contribution >= 0.6 is 11.6 Å². The fourth-order valence-electron chi connectivity index (χ4n) is 7.30. The minimum Gasteiger partial charge on any atom is -0.480 e. The van der Waals surface area contributed by atoms with Crippen molar-refractivity contribution in [3.8, 4) is 5.88 Å². The van der Waals surface area contributed by atoms with E-state index in [1.165, 1.54) is 31.3 Å². The van der Waals surface area contributed by atoms with E-state index < -0.39 is 46.9 Å². The number of ether oxygens (including phenoxy) is 2. The van der Waals surface area contributed by atoms with E-state index in [4.69, 9.17) is 25.9 Å². The number of hydrogen-bond donors (Lipinski definition) is 3. The number of allylic oxidation sites excluding steroid dienone is 1. The van der Waals surface area contributed by atoms with Crippen LogP contribution < -0.4 is 20.7 Å². The number of hydrogen-bond acceptors (Lipinski definition) is 10. The van der Waals surface area contributed by atoms with E-state index in [1.54, 1.807) is 19.4 Å². The normalized spacial score (nSPS) is 23.2. The van der Waals surface area contributed by atoms with Gasteiger partial charge in [-0.25, -0.2) is 4.98 Å². The summed E-state index contributed by atoms with van der Waals surface area (Å²) in [4.78, 5) is 66.9. The number of ketones is 1. The highest BCUT2D eigenvalue weighted by atomic mass is 35.5. The van der Waals surface area contributed by atoms with Gasteiger partial charge in [0.05, 0.1) is 31.0 Å². The molecule has 3 N–H and O–H groups in total. The first-order valence-electron chi connectivity index (χ1n) is 18.2. The number of Topliss-reactive ketones (excluding diaryl/α,β-unsaturated/α-hetero) is 1. The number of oxime groups is 1. The Kier molecular flexibility index (Phi) is 12.3. The molecule has 2 saturated carbocycles. The summed E-state index contributed by atoms with van der Waals surface area (Å²) in [5.41, 5.74) is -0.119. The summed E-state index contributed by atoms with van der Waals surface area (Å²) < 4.78 is 11.0. The highest BCUT2D eigenvalue weighted by Gasteiger charge is 2.56. The van der Waals surface area contributed by atoms with Gasteiger partial charge in [-0.3, -0.25) is 19.2 Å². The van der Waals surface area contributed by atoms with Crippen LogP contribution in [0.2, 0.25) is 5.02 Å². The lowest BCUT2D eigenvalue weighted by Gasteiger charge is -2.38. The molecule has 14 heteroatoms. The maximum Gasteiger partial charge on any atom is 0.289 e. The van der Waals surface area contributed by atoms with E-state index in [2.05, 4.69) is 32.7 Å². The third-order valence-electron chi connectivity index (χ3n) is 10.6. The molecular formula is C37H53ClN6O7.